The number of aryl methyl sites for hydroxylation is 4. The molecular weight excluding hydrogens is 368 g/mol. The summed E-state index contributed by atoms with van der Waals surface area (Å²) in [6, 6.07) is 0. The summed E-state index contributed by atoms with van der Waals surface area (Å²) < 4.78 is 4.09. The lowest BCUT2D eigenvalue weighted by Gasteiger charge is -2.06. The molecule has 10 heteroatoms. The molecule has 0 fully saturated rings. The minimum absolute atomic E-state index is 0.115. The molecule has 1 N–H and O–H groups in total. The van der Waals surface area contributed by atoms with Crippen LogP contribution in [0.2, 0.25) is 0 Å². The minimum Gasteiger partial charge on any atom is -0.325 e. The Kier molecular flexibility index (Phi) is 5.26. The first-order chi connectivity index (χ1) is 12.8. The Morgan fingerprint density at radius 1 is 1.26 bits per heavy atom. The van der Waals surface area contributed by atoms with E-state index in [1.54, 1.807) is 11.6 Å². The van der Waals surface area contributed by atoms with Crippen molar-refractivity contribution in [2.75, 3.05) is 5.32 Å². The van der Waals surface area contributed by atoms with Crippen LogP contribution in [0.25, 0.3) is 11.2 Å². The number of fused-ring (bicyclic) bond motifs is 1. The van der Waals surface area contributed by atoms with Crippen LogP contribution in [0.4, 0.5) is 5.13 Å². The molecule has 144 valence electrons. The van der Waals surface area contributed by atoms with Crippen molar-refractivity contribution in [3.63, 3.8) is 0 Å². The van der Waals surface area contributed by atoms with Crippen molar-refractivity contribution < 1.29 is 4.79 Å². The van der Waals surface area contributed by atoms with Gasteiger partial charge in [-0.1, -0.05) is 6.92 Å². The third-order valence-corrected chi connectivity index (χ3v) is 5.42. The average Bonchev–Trinajstić information content (AvgIpc) is 3.21. The molecule has 9 nitrogen and oxygen atoms in total. The fourth-order valence-corrected chi connectivity index (χ4v) is 3.89. The van der Waals surface area contributed by atoms with Gasteiger partial charge in [-0.3, -0.25) is 18.7 Å². The third kappa shape index (κ3) is 3.57. The number of hydrogen-bond donors (Lipinski definition) is 1. The number of thiazole rings is 1. The number of amides is 1. The summed E-state index contributed by atoms with van der Waals surface area (Å²) in [6.45, 7) is 4.47. The zero-order chi connectivity index (χ0) is 19.7. The summed E-state index contributed by atoms with van der Waals surface area (Å²) in [7, 11) is 3.02. The van der Waals surface area contributed by atoms with Crippen LogP contribution in [0.5, 0.6) is 0 Å². The largest absolute Gasteiger partial charge is 0.332 e. The third-order valence-electron chi connectivity index (χ3n) is 4.49. The molecule has 0 saturated carbocycles. The molecule has 27 heavy (non-hydrogen) atoms. The summed E-state index contributed by atoms with van der Waals surface area (Å²) in [5.41, 5.74) is 0.908. The van der Waals surface area contributed by atoms with Crippen LogP contribution in [0.3, 0.4) is 0 Å². The van der Waals surface area contributed by atoms with E-state index in [9.17, 15) is 14.4 Å². The van der Waals surface area contributed by atoms with Crippen LogP contribution >= 0.6 is 11.3 Å². The van der Waals surface area contributed by atoms with E-state index in [1.165, 1.54) is 29.3 Å². The number of carbonyl (C=O) groups is 1. The molecule has 3 rings (SSSR count). The molecule has 0 spiro atoms. The Morgan fingerprint density at radius 2 is 2.00 bits per heavy atom. The fraction of sp³-hybridized carbons (Fsp3) is 0.471. The van der Waals surface area contributed by atoms with Gasteiger partial charge in [-0.15, -0.1) is 11.3 Å². The van der Waals surface area contributed by atoms with Crippen molar-refractivity contribution in [3.05, 3.63) is 37.7 Å². The smallest absolute Gasteiger partial charge is 0.325 e. The Hall–Kier alpha value is -2.75. The van der Waals surface area contributed by atoms with E-state index in [2.05, 4.69) is 15.3 Å². The van der Waals surface area contributed by atoms with Crippen LogP contribution in [-0.2, 0) is 31.9 Å². The molecule has 0 bridgehead atoms. The van der Waals surface area contributed by atoms with Gasteiger partial charge in [0.1, 0.15) is 0 Å². The van der Waals surface area contributed by atoms with Gasteiger partial charge in [-0.05, 0) is 19.8 Å². The normalized spacial score (nSPS) is 11.3. The lowest BCUT2D eigenvalue weighted by molar-refractivity contribution is -0.116. The lowest BCUT2D eigenvalue weighted by atomic mass is 10.3. The van der Waals surface area contributed by atoms with E-state index in [0.717, 1.165) is 21.6 Å². The topological polar surface area (TPSA) is 104 Å². The summed E-state index contributed by atoms with van der Waals surface area (Å²) >= 11 is 1.47. The Balaban J connectivity index is 1.68. The van der Waals surface area contributed by atoms with Gasteiger partial charge in [0.15, 0.2) is 16.3 Å². The number of hydrogen-bond acceptors (Lipinski definition) is 6. The number of nitrogens with one attached hydrogen (secondary N) is 1. The number of carbonyl (C=O) groups excluding carboxylic acids is 1. The van der Waals surface area contributed by atoms with Gasteiger partial charge in [0.25, 0.3) is 5.56 Å². The van der Waals surface area contributed by atoms with Crippen LogP contribution in [-0.4, -0.2) is 29.6 Å². The molecule has 3 aromatic rings. The lowest BCUT2D eigenvalue weighted by Crippen LogP contribution is -2.37. The van der Waals surface area contributed by atoms with Crippen LogP contribution in [0.15, 0.2) is 15.9 Å². The first kappa shape index (κ1) is 19.0. The zero-order valence-corrected chi connectivity index (χ0v) is 16.6. The van der Waals surface area contributed by atoms with E-state index in [1.807, 2.05) is 13.8 Å². The second kappa shape index (κ2) is 7.47. The summed E-state index contributed by atoms with van der Waals surface area (Å²) in [5, 5.41) is 3.44. The van der Waals surface area contributed by atoms with Crippen molar-refractivity contribution in [1.29, 1.82) is 0 Å². The van der Waals surface area contributed by atoms with Crippen molar-refractivity contribution in [2.45, 2.75) is 39.7 Å². The second-order valence-electron chi connectivity index (χ2n) is 6.34. The molecule has 0 atom stereocenters. The average molecular weight is 390 g/mol. The highest BCUT2D eigenvalue weighted by atomic mass is 32.1. The highest BCUT2D eigenvalue weighted by Crippen LogP contribution is 2.22. The van der Waals surface area contributed by atoms with Crippen LogP contribution < -0.4 is 16.6 Å². The Morgan fingerprint density at radius 3 is 2.67 bits per heavy atom. The zero-order valence-electron chi connectivity index (χ0n) is 15.8. The summed E-state index contributed by atoms with van der Waals surface area (Å²) in [5.74, 6) is -0.115. The monoisotopic (exact) mass is 390 g/mol. The first-order valence-corrected chi connectivity index (χ1v) is 9.52. The van der Waals surface area contributed by atoms with Crippen molar-refractivity contribution in [1.82, 2.24) is 23.7 Å². The summed E-state index contributed by atoms with van der Waals surface area (Å²) in [4.78, 5) is 46.2. The highest BCUT2D eigenvalue weighted by Gasteiger charge is 2.14. The molecule has 3 heterocycles. The quantitative estimate of drug-likeness (QED) is 0.681. The van der Waals surface area contributed by atoms with Gasteiger partial charge < -0.3 is 9.88 Å². The second-order valence-corrected chi connectivity index (χ2v) is 7.55. The number of anilines is 1. The molecule has 0 aliphatic carbocycles. The molecule has 0 unspecified atom stereocenters. The molecule has 0 saturated heterocycles. The molecule has 0 aromatic carbocycles. The molecular formula is C17H22N6O3S. The van der Waals surface area contributed by atoms with Crippen molar-refractivity contribution in [2.24, 2.45) is 14.1 Å². The van der Waals surface area contributed by atoms with Gasteiger partial charge >= 0.3 is 5.69 Å². The number of nitrogens with zero attached hydrogens (tertiary/aromatic N) is 5. The fourth-order valence-electron chi connectivity index (χ4n) is 2.97. The minimum atomic E-state index is -0.415. The number of aromatic nitrogens is 5. The van der Waals surface area contributed by atoms with Crippen molar-refractivity contribution in [3.8, 4) is 0 Å². The Bertz CT molecular complexity index is 1120. The first-order valence-electron chi connectivity index (χ1n) is 8.70. The molecule has 0 radical (unpaired) electrons. The maximum Gasteiger partial charge on any atom is 0.332 e. The predicted octanol–water partition coefficient (Wildman–Crippen LogP) is 1.18. The maximum absolute atomic E-state index is 12.4. The number of rotatable bonds is 6. The van der Waals surface area contributed by atoms with Crippen LogP contribution in [0, 0.1) is 6.92 Å². The van der Waals surface area contributed by atoms with E-state index >= 15 is 0 Å². The van der Waals surface area contributed by atoms with Crippen LogP contribution in [0.1, 0.15) is 30.3 Å². The van der Waals surface area contributed by atoms with E-state index in [4.69, 9.17) is 0 Å². The van der Waals surface area contributed by atoms with Gasteiger partial charge in [0.05, 0.1) is 12.0 Å². The Labute approximate surface area is 159 Å². The maximum atomic E-state index is 12.4. The van der Waals surface area contributed by atoms with E-state index < -0.39 is 5.69 Å². The van der Waals surface area contributed by atoms with Gasteiger partial charge in [0.2, 0.25) is 5.91 Å². The van der Waals surface area contributed by atoms with E-state index in [-0.39, 0.29) is 11.5 Å². The van der Waals surface area contributed by atoms with Gasteiger partial charge in [-0.2, -0.15) is 0 Å². The van der Waals surface area contributed by atoms with E-state index in [0.29, 0.717) is 35.7 Å². The SMILES string of the molecule is CCc1nc(NC(=O)CCCn2cnc3c2c(=O)n(C)c(=O)n3C)sc1C. The predicted molar refractivity (Wildman–Crippen MR) is 104 cm³/mol. The van der Waals surface area contributed by atoms with Gasteiger partial charge in [0, 0.05) is 31.9 Å². The molecule has 0 aliphatic heterocycles. The molecule has 3 aromatic heterocycles. The number of imidazole rings is 1. The summed E-state index contributed by atoms with van der Waals surface area (Å²) in [6.07, 6.45) is 3.20. The highest BCUT2D eigenvalue weighted by molar-refractivity contribution is 7.15. The standard InChI is InChI=1S/C17H22N6O3S/c1-5-11-10(2)27-16(19-11)20-12(24)7-6-8-23-9-18-14-13(23)15(25)22(4)17(26)21(14)3/h9H,5-8H2,1-4H3,(H,19,20,24). The molecule has 1 amide bonds. The molecule has 0 aliphatic rings. The van der Waals surface area contributed by atoms with Gasteiger partial charge in [-0.25, -0.2) is 14.8 Å². The van der Waals surface area contributed by atoms with Crippen molar-refractivity contribution >= 4 is 33.5 Å².